The van der Waals surface area contributed by atoms with Gasteiger partial charge >= 0.3 is 0 Å². The van der Waals surface area contributed by atoms with Crippen LogP contribution >= 0.6 is 15.9 Å². The fraction of sp³-hybridized carbons (Fsp3) is 0.188. The molecule has 2 aromatic carbocycles. The standard InChI is InChI=1S/C16H15BrFNO/c1-11-3-5-12(6-4-11)10-19(2)16(20)14-8-7-13(17)9-15(14)18/h3-9H,10H2,1-2H3. The molecule has 0 radical (unpaired) electrons. The summed E-state index contributed by atoms with van der Waals surface area (Å²) in [6.07, 6.45) is 0. The number of carbonyl (C=O) groups excluding carboxylic acids is 1. The van der Waals surface area contributed by atoms with Crippen LogP contribution in [-0.4, -0.2) is 17.9 Å². The van der Waals surface area contributed by atoms with Gasteiger partial charge in [0.1, 0.15) is 5.82 Å². The topological polar surface area (TPSA) is 20.3 Å². The number of hydrogen-bond donors (Lipinski definition) is 0. The van der Waals surface area contributed by atoms with Gasteiger partial charge in [0.05, 0.1) is 5.56 Å². The van der Waals surface area contributed by atoms with Crippen molar-refractivity contribution in [2.75, 3.05) is 7.05 Å². The van der Waals surface area contributed by atoms with Gasteiger partial charge in [-0.3, -0.25) is 4.79 Å². The molecule has 20 heavy (non-hydrogen) atoms. The first kappa shape index (κ1) is 14.7. The average Bonchev–Trinajstić information content (AvgIpc) is 2.40. The van der Waals surface area contributed by atoms with Crippen LogP contribution in [0.2, 0.25) is 0 Å². The summed E-state index contributed by atoms with van der Waals surface area (Å²) in [4.78, 5) is 13.7. The zero-order chi connectivity index (χ0) is 14.7. The Hall–Kier alpha value is -1.68. The first-order chi connectivity index (χ1) is 9.47. The van der Waals surface area contributed by atoms with E-state index < -0.39 is 5.82 Å². The number of hydrogen-bond acceptors (Lipinski definition) is 1. The molecular weight excluding hydrogens is 321 g/mol. The zero-order valence-electron chi connectivity index (χ0n) is 11.4. The normalized spacial score (nSPS) is 10.4. The quantitative estimate of drug-likeness (QED) is 0.824. The van der Waals surface area contributed by atoms with Crippen LogP contribution in [0.1, 0.15) is 21.5 Å². The van der Waals surface area contributed by atoms with Crippen LogP contribution in [0, 0.1) is 12.7 Å². The molecule has 2 aromatic rings. The monoisotopic (exact) mass is 335 g/mol. The second kappa shape index (κ2) is 6.18. The molecule has 0 aromatic heterocycles. The van der Waals surface area contributed by atoms with Crippen LogP contribution in [0.15, 0.2) is 46.9 Å². The van der Waals surface area contributed by atoms with Crippen molar-refractivity contribution in [1.82, 2.24) is 4.90 Å². The SMILES string of the molecule is Cc1ccc(CN(C)C(=O)c2ccc(Br)cc2F)cc1. The number of halogens is 2. The fourth-order valence-electron chi connectivity index (χ4n) is 1.91. The van der Waals surface area contributed by atoms with E-state index in [0.29, 0.717) is 11.0 Å². The summed E-state index contributed by atoms with van der Waals surface area (Å²) in [5.74, 6) is -0.837. The number of amides is 1. The maximum absolute atomic E-state index is 13.8. The third kappa shape index (κ3) is 3.45. The van der Waals surface area contributed by atoms with Crippen LogP contribution in [0.25, 0.3) is 0 Å². The molecule has 2 nitrogen and oxygen atoms in total. The van der Waals surface area contributed by atoms with E-state index in [1.165, 1.54) is 22.6 Å². The molecule has 0 saturated carbocycles. The van der Waals surface area contributed by atoms with Gasteiger partial charge in [-0.05, 0) is 30.7 Å². The second-order valence-corrected chi connectivity index (χ2v) is 5.69. The molecule has 1 amide bonds. The van der Waals surface area contributed by atoms with Crippen molar-refractivity contribution in [3.05, 3.63) is 69.4 Å². The Morgan fingerprint density at radius 2 is 1.85 bits per heavy atom. The van der Waals surface area contributed by atoms with E-state index >= 15 is 0 Å². The maximum Gasteiger partial charge on any atom is 0.256 e. The van der Waals surface area contributed by atoms with Crippen molar-refractivity contribution in [3.63, 3.8) is 0 Å². The molecule has 0 heterocycles. The van der Waals surface area contributed by atoms with E-state index in [1.54, 1.807) is 13.1 Å². The first-order valence-corrected chi connectivity index (χ1v) is 7.03. The Bertz CT molecular complexity index is 625. The molecule has 4 heteroatoms. The Balaban J connectivity index is 2.14. The summed E-state index contributed by atoms with van der Waals surface area (Å²) in [6, 6.07) is 12.4. The highest BCUT2D eigenvalue weighted by molar-refractivity contribution is 9.10. The number of benzene rings is 2. The Labute approximate surface area is 126 Å². The number of aryl methyl sites for hydroxylation is 1. The minimum atomic E-state index is -0.514. The highest BCUT2D eigenvalue weighted by Gasteiger charge is 2.16. The summed E-state index contributed by atoms with van der Waals surface area (Å²) < 4.78 is 14.4. The largest absolute Gasteiger partial charge is 0.337 e. The van der Waals surface area contributed by atoms with Crippen molar-refractivity contribution in [1.29, 1.82) is 0 Å². The predicted octanol–water partition coefficient (Wildman–Crippen LogP) is 4.17. The van der Waals surface area contributed by atoms with E-state index in [0.717, 1.165) is 5.56 Å². The highest BCUT2D eigenvalue weighted by atomic mass is 79.9. The van der Waals surface area contributed by atoms with E-state index in [9.17, 15) is 9.18 Å². The molecule has 0 aliphatic heterocycles. The number of nitrogens with zero attached hydrogens (tertiary/aromatic N) is 1. The summed E-state index contributed by atoms with van der Waals surface area (Å²) in [7, 11) is 1.67. The van der Waals surface area contributed by atoms with Gasteiger partial charge in [-0.25, -0.2) is 4.39 Å². The van der Waals surface area contributed by atoms with Crippen LogP contribution in [-0.2, 0) is 6.54 Å². The minimum Gasteiger partial charge on any atom is -0.337 e. The summed E-state index contributed by atoms with van der Waals surface area (Å²) in [6.45, 7) is 2.46. The van der Waals surface area contributed by atoms with Crippen molar-refractivity contribution >= 4 is 21.8 Å². The Morgan fingerprint density at radius 3 is 2.45 bits per heavy atom. The third-order valence-corrected chi connectivity index (χ3v) is 3.54. The molecule has 0 unspecified atom stereocenters. The van der Waals surface area contributed by atoms with E-state index in [1.807, 2.05) is 31.2 Å². The van der Waals surface area contributed by atoms with Crippen molar-refractivity contribution < 1.29 is 9.18 Å². The number of carbonyl (C=O) groups is 1. The van der Waals surface area contributed by atoms with Gasteiger partial charge in [0.2, 0.25) is 0 Å². The van der Waals surface area contributed by atoms with Crippen molar-refractivity contribution in [3.8, 4) is 0 Å². The Morgan fingerprint density at radius 1 is 1.20 bits per heavy atom. The van der Waals surface area contributed by atoms with Gasteiger partial charge in [-0.15, -0.1) is 0 Å². The van der Waals surface area contributed by atoms with Crippen LogP contribution in [0.3, 0.4) is 0 Å². The van der Waals surface area contributed by atoms with E-state index in [-0.39, 0.29) is 11.5 Å². The first-order valence-electron chi connectivity index (χ1n) is 6.23. The van der Waals surface area contributed by atoms with E-state index in [2.05, 4.69) is 15.9 Å². The smallest absolute Gasteiger partial charge is 0.256 e. The van der Waals surface area contributed by atoms with Crippen LogP contribution in [0.5, 0.6) is 0 Å². The van der Waals surface area contributed by atoms with Crippen molar-refractivity contribution in [2.24, 2.45) is 0 Å². The average molecular weight is 336 g/mol. The van der Waals surface area contributed by atoms with Crippen molar-refractivity contribution in [2.45, 2.75) is 13.5 Å². The van der Waals surface area contributed by atoms with Crippen LogP contribution < -0.4 is 0 Å². The third-order valence-electron chi connectivity index (χ3n) is 3.05. The van der Waals surface area contributed by atoms with Gasteiger partial charge in [-0.2, -0.15) is 0 Å². The fourth-order valence-corrected chi connectivity index (χ4v) is 2.24. The lowest BCUT2D eigenvalue weighted by Gasteiger charge is -2.18. The van der Waals surface area contributed by atoms with Gasteiger partial charge in [-0.1, -0.05) is 45.8 Å². The lowest BCUT2D eigenvalue weighted by Crippen LogP contribution is -2.27. The molecule has 0 N–H and O–H groups in total. The van der Waals surface area contributed by atoms with Gasteiger partial charge in [0, 0.05) is 18.1 Å². The molecule has 104 valence electrons. The van der Waals surface area contributed by atoms with Crippen LogP contribution in [0.4, 0.5) is 4.39 Å². The molecule has 0 saturated heterocycles. The molecule has 0 atom stereocenters. The zero-order valence-corrected chi connectivity index (χ0v) is 12.9. The van der Waals surface area contributed by atoms with Gasteiger partial charge in [0.15, 0.2) is 0 Å². The summed E-state index contributed by atoms with van der Waals surface area (Å²) in [5.41, 5.74) is 2.27. The Kier molecular flexibility index (Phi) is 4.55. The lowest BCUT2D eigenvalue weighted by atomic mass is 10.1. The second-order valence-electron chi connectivity index (χ2n) is 4.77. The lowest BCUT2D eigenvalue weighted by molar-refractivity contribution is 0.0780. The molecule has 0 aliphatic rings. The predicted molar refractivity (Wildman–Crippen MR) is 81.1 cm³/mol. The molecule has 0 bridgehead atoms. The summed E-state index contributed by atoms with van der Waals surface area (Å²) >= 11 is 3.18. The summed E-state index contributed by atoms with van der Waals surface area (Å²) in [5, 5.41) is 0. The highest BCUT2D eigenvalue weighted by Crippen LogP contribution is 2.17. The molecule has 0 aliphatic carbocycles. The molecule has 0 fully saturated rings. The minimum absolute atomic E-state index is 0.0859. The maximum atomic E-state index is 13.8. The number of rotatable bonds is 3. The molecule has 2 rings (SSSR count). The molecule has 0 spiro atoms. The van der Waals surface area contributed by atoms with E-state index in [4.69, 9.17) is 0 Å². The van der Waals surface area contributed by atoms with Gasteiger partial charge < -0.3 is 4.90 Å². The van der Waals surface area contributed by atoms with Gasteiger partial charge in [0.25, 0.3) is 5.91 Å². The molecular formula is C16H15BrFNO.